The number of nitrogens with one attached hydrogen (secondary N) is 1. The molecule has 3 heterocycles. The van der Waals surface area contributed by atoms with Gasteiger partial charge in [-0.1, -0.05) is 42.5 Å². The van der Waals surface area contributed by atoms with Crippen LogP contribution in [-0.2, 0) is 4.74 Å². The van der Waals surface area contributed by atoms with Crippen LogP contribution in [0.25, 0.3) is 27.8 Å². The first-order valence-corrected chi connectivity index (χ1v) is 10.1. The van der Waals surface area contributed by atoms with Crippen LogP contribution in [0.1, 0.15) is 18.4 Å². The van der Waals surface area contributed by atoms with Crippen LogP contribution in [0.3, 0.4) is 0 Å². The van der Waals surface area contributed by atoms with E-state index in [-0.39, 0.29) is 6.10 Å². The lowest BCUT2D eigenvalue weighted by Gasteiger charge is -2.12. The van der Waals surface area contributed by atoms with Crippen LogP contribution < -0.4 is 5.32 Å². The summed E-state index contributed by atoms with van der Waals surface area (Å²) in [5, 5.41) is 4.57. The zero-order valence-electron chi connectivity index (χ0n) is 16.5. The molecule has 1 saturated heterocycles. The molecule has 4 aromatic rings. The van der Waals surface area contributed by atoms with Gasteiger partial charge in [0.1, 0.15) is 12.1 Å². The van der Waals surface area contributed by atoms with Crippen molar-refractivity contribution in [3.8, 4) is 16.8 Å². The molecule has 0 radical (unpaired) electrons. The SMILES string of the molecule is Cc1cccc(-n2cc(-c3ccccc3)c3c(NCC4CCCO4)ncnc32)c1. The zero-order valence-corrected chi connectivity index (χ0v) is 16.5. The minimum absolute atomic E-state index is 0.249. The lowest BCUT2D eigenvalue weighted by Crippen LogP contribution is -2.19. The van der Waals surface area contributed by atoms with E-state index in [1.807, 2.05) is 6.07 Å². The molecule has 1 unspecified atom stereocenters. The molecule has 0 aliphatic carbocycles. The molecule has 1 aliphatic heterocycles. The van der Waals surface area contributed by atoms with Crippen molar-refractivity contribution in [2.24, 2.45) is 0 Å². The topological polar surface area (TPSA) is 52.0 Å². The average molecular weight is 384 g/mol. The average Bonchev–Trinajstić information content (AvgIpc) is 3.41. The lowest BCUT2D eigenvalue weighted by atomic mass is 10.1. The van der Waals surface area contributed by atoms with Crippen molar-refractivity contribution in [2.75, 3.05) is 18.5 Å². The minimum Gasteiger partial charge on any atom is -0.376 e. The predicted molar refractivity (Wildman–Crippen MR) is 117 cm³/mol. The molecule has 5 heteroatoms. The predicted octanol–water partition coefficient (Wildman–Crippen LogP) is 4.99. The standard InChI is InChI=1S/C24H24N4O/c1-17-7-5-10-19(13-17)28-15-21(18-8-3-2-4-9-18)22-23(26-16-27-24(22)28)25-14-20-11-6-12-29-20/h2-5,7-10,13,15-16,20H,6,11-12,14H2,1H3,(H,25,26,27). The molecule has 2 aromatic heterocycles. The number of nitrogens with zero attached hydrogens (tertiary/aromatic N) is 3. The molecule has 0 bridgehead atoms. The Morgan fingerprint density at radius 3 is 2.79 bits per heavy atom. The molecule has 5 nitrogen and oxygen atoms in total. The van der Waals surface area contributed by atoms with E-state index in [0.717, 1.165) is 59.7 Å². The Morgan fingerprint density at radius 1 is 1.10 bits per heavy atom. The van der Waals surface area contributed by atoms with Gasteiger partial charge in [-0.3, -0.25) is 0 Å². The number of anilines is 1. The molecule has 2 aromatic carbocycles. The summed E-state index contributed by atoms with van der Waals surface area (Å²) in [5.41, 5.74) is 5.49. The third-order valence-corrected chi connectivity index (χ3v) is 5.47. The van der Waals surface area contributed by atoms with Crippen molar-refractivity contribution in [3.63, 3.8) is 0 Å². The molecule has 29 heavy (non-hydrogen) atoms. The first kappa shape index (κ1) is 17.9. The first-order valence-electron chi connectivity index (χ1n) is 10.1. The molecule has 5 rings (SSSR count). The van der Waals surface area contributed by atoms with Gasteiger partial charge in [-0.15, -0.1) is 0 Å². The van der Waals surface area contributed by atoms with Gasteiger partial charge in [-0.05, 0) is 43.0 Å². The van der Waals surface area contributed by atoms with Gasteiger partial charge in [-0.25, -0.2) is 9.97 Å². The quantitative estimate of drug-likeness (QED) is 0.527. The third-order valence-electron chi connectivity index (χ3n) is 5.47. The van der Waals surface area contributed by atoms with Crippen molar-refractivity contribution in [1.29, 1.82) is 0 Å². The van der Waals surface area contributed by atoms with Crippen LogP contribution in [0, 0.1) is 6.92 Å². The number of hydrogen-bond acceptors (Lipinski definition) is 4. The van der Waals surface area contributed by atoms with E-state index in [9.17, 15) is 0 Å². The Bertz CT molecular complexity index is 1130. The number of aryl methyl sites for hydroxylation is 1. The number of benzene rings is 2. The van der Waals surface area contributed by atoms with E-state index < -0.39 is 0 Å². The van der Waals surface area contributed by atoms with Gasteiger partial charge >= 0.3 is 0 Å². The molecule has 0 saturated carbocycles. The van der Waals surface area contributed by atoms with Crippen molar-refractivity contribution in [3.05, 3.63) is 72.7 Å². The summed E-state index contributed by atoms with van der Waals surface area (Å²) in [4.78, 5) is 9.24. The third kappa shape index (κ3) is 3.49. The van der Waals surface area contributed by atoms with Crippen molar-refractivity contribution in [1.82, 2.24) is 14.5 Å². The number of ether oxygens (including phenoxy) is 1. The van der Waals surface area contributed by atoms with Gasteiger partial charge in [0.15, 0.2) is 5.65 Å². The summed E-state index contributed by atoms with van der Waals surface area (Å²) >= 11 is 0. The van der Waals surface area contributed by atoms with Crippen LogP contribution in [0.5, 0.6) is 0 Å². The van der Waals surface area contributed by atoms with Crippen LogP contribution in [0.15, 0.2) is 67.1 Å². The van der Waals surface area contributed by atoms with Gasteiger partial charge in [0, 0.05) is 30.6 Å². The molecule has 1 aliphatic rings. The van der Waals surface area contributed by atoms with Crippen molar-refractivity contribution >= 4 is 16.9 Å². The van der Waals surface area contributed by atoms with E-state index in [1.165, 1.54) is 5.56 Å². The molecule has 1 fully saturated rings. The summed E-state index contributed by atoms with van der Waals surface area (Å²) in [6, 6.07) is 18.9. The second kappa shape index (κ2) is 7.68. The molecule has 0 spiro atoms. The fraction of sp³-hybridized carbons (Fsp3) is 0.250. The van der Waals surface area contributed by atoms with Gasteiger partial charge in [0.25, 0.3) is 0 Å². The Balaban J connectivity index is 1.66. The summed E-state index contributed by atoms with van der Waals surface area (Å²) in [7, 11) is 0. The number of rotatable bonds is 5. The van der Waals surface area contributed by atoms with Crippen molar-refractivity contribution < 1.29 is 4.74 Å². The minimum atomic E-state index is 0.249. The maximum absolute atomic E-state index is 5.78. The molecular weight excluding hydrogens is 360 g/mol. The smallest absolute Gasteiger partial charge is 0.150 e. The van der Waals surface area contributed by atoms with Gasteiger partial charge in [-0.2, -0.15) is 0 Å². The highest BCUT2D eigenvalue weighted by atomic mass is 16.5. The van der Waals surface area contributed by atoms with Gasteiger partial charge < -0.3 is 14.6 Å². The highest BCUT2D eigenvalue weighted by Crippen LogP contribution is 2.35. The summed E-state index contributed by atoms with van der Waals surface area (Å²) in [5.74, 6) is 0.857. The Morgan fingerprint density at radius 2 is 2.00 bits per heavy atom. The van der Waals surface area contributed by atoms with E-state index in [0.29, 0.717) is 0 Å². The number of hydrogen-bond donors (Lipinski definition) is 1. The van der Waals surface area contributed by atoms with Gasteiger partial charge in [0.2, 0.25) is 0 Å². The highest BCUT2D eigenvalue weighted by molar-refractivity contribution is 6.02. The second-order valence-corrected chi connectivity index (χ2v) is 7.55. The maximum Gasteiger partial charge on any atom is 0.150 e. The van der Waals surface area contributed by atoms with Crippen LogP contribution in [0.2, 0.25) is 0 Å². The zero-order chi connectivity index (χ0) is 19.6. The normalized spacial score (nSPS) is 16.4. The first-order chi connectivity index (χ1) is 14.3. The number of aromatic nitrogens is 3. The largest absolute Gasteiger partial charge is 0.376 e. The summed E-state index contributed by atoms with van der Waals surface area (Å²) < 4.78 is 7.93. The highest BCUT2D eigenvalue weighted by Gasteiger charge is 2.19. The van der Waals surface area contributed by atoms with Crippen LogP contribution in [-0.4, -0.2) is 33.8 Å². The van der Waals surface area contributed by atoms with Crippen LogP contribution in [0.4, 0.5) is 5.82 Å². The van der Waals surface area contributed by atoms with E-state index in [1.54, 1.807) is 6.33 Å². The Hall–Kier alpha value is -3.18. The number of fused-ring (bicyclic) bond motifs is 1. The van der Waals surface area contributed by atoms with E-state index in [2.05, 4.69) is 81.5 Å². The fourth-order valence-electron chi connectivity index (χ4n) is 4.02. The second-order valence-electron chi connectivity index (χ2n) is 7.55. The molecule has 1 atom stereocenters. The molecule has 0 amide bonds. The Kier molecular flexibility index (Phi) is 4.74. The van der Waals surface area contributed by atoms with Crippen LogP contribution >= 0.6 is 0 Å². The van der Waals surface area contributed by atoms with Crippen molar-refractivity contribution in [2.45, 2.75) is 25.9 Å². The molecule has 1 N–H and O–H groups in total. The molecular formula is C24H24N4O. The van der Waals surface area contributed by atoms with Gasteiger partial charge in [0.05, 0.1) is 11.5 Å². The lowest BCUT2D eigenvalue weighted by molar-refractivity contribution is 0.120. The van der Waals surface area contributed by atoms with E-state index in [4.69, 9.17) is 4.74 Å². The Labute approximate surface area is 170 Å². The van der Waals surface area contributed by atoms with E-state index >= 15 is 0 Å². The summed E-state index contributed by atoms with van der Waals surface area (Å²) in [6.07, 6.45) is 6.28. The maximum atomic E-state index is 5.78. The fourth-order valence-corrected chi connectivity index (χ4v) is 4.02. The molecule has 146 valence electrons. The monoisotopic (exact) mass is 384 g/mol. The summed E-state index contributed by atoms with van der Waals surface area (Å²) in [6.45, 7) is 3.72.